The van der Waals surface area contributed by atoms with Gasteiger partial charge in [0.25, 0.3) is 5.56 Å². The van der Waals surface area contributed by atoms with E-state index in [4.69, 9.17) is 10.00 Å². The highest BCUT2D eigenvalue weighted by molar-refractivity contribution is 5.71. The van der Waals surface area contributed by atoms with Crippen molar-refractivity contribution in [2.45, 2.75) is 6.92 Å². The first kappa shape index (κ1) is 16.0. The van der Waals surface area contributed by atoms with E-state index in [0.29, 0.717) is 28.3 Å². The van der Waals surface area contributed by atoms with E-state index >= 15 is 0 Å². The van der Waals surface area contributed by atoms with Crippen molar-refractivity contribution >= 4 is 0 Å². The fraction of sp³-hybridized carbons (Fsp3) is 0.0500. The quantitative estimate of drug-likeness (QED) is 0.790. The Morgan fingerprint density at radius 1 is 0.960 bits per heavy atom. The molecule has 5 heteroatoms. The Hall–Kier alpha value is -3.83. The molecule has 0 atom stereocenters. The van der Waals surface area contributed by atoms with E-state index < -0.39 is 5.56 Å². The van der Waals surface area contributed by atoms with Crippen LogP contribution in [0.4, 0.5) is 0 Å². The first-order chi connectivity index (χ1) is 12.1. The van der Waals surface area contributed by atoms with Gasteiger partial charge in [-0.05, 0) is 55.0 Å². The van der Waals surface area contributed by atoms with Gasteiger partial charge in [-0.25, -0.2) is 0 Å². The number of aryl methyl sites for hydroxylation is 1. The van der Waals surface area contributed by atoms with Crippen LogP contribution in [0.25, 0.3) is 11.1 Å². The summed E-state index contributed by atoms with van der Waals surface area (Å²) in [5.74, 6) is 1.17. The highest BCUT2D eigenvalue weighted by atomic mass is 16.5. The van der Waals surface area contributed by atoms with Crippen LogP contribution in [0.1, 0.15) is 16.8 Å². The van der Waals surface area contributed by atoms with Gasteiger partial charge < -0.3 is 9.72 Å². The van der Waals surface area contributed by atoms with Crippen molar-refractivity contribution in [1.82, 2.24) is 4.98 Å². The van der Waals surface area contributed by atoms with Crippen LogP contribution in [0.2, 0.25) is 0 Å². The number of nitrogens with one attached hydrogen (secondary N) is 1. The minimum absolute atomic E-state index is 0.0705. The third-order valence-electron chi connectivity index (χ3n) is 3.64. The molecule has 1 heterocycles. The number of pyridine rings is 1. The molecule has 0 radical (unpaired) electrons. The molecule has 0 aliphatic rings. The summed E-state index contributed by atoms with van der Waals surface area (Å²) in [5, 5.41) is 18.1. The molecular weight excluding hydrogens is 314 g/mol. The van der Waals surface area contributed by atoms with Gasteiger partial charge in [0.15, 0.2) is 0 Å². The molecule has 120 valence electrons. The van der Waals surface area contributed by atoms with Gasteiger partial charge in [0.1, 0.15) is 23.1 Å². The normalized spacial score (nSPS) is 9.88. The van der Waals surface area contributed by atoms with Crippen LogP contribution >= 0.6 is 0 Å². The van der Waals surface area contributed by atoms with Crippen molar-refractivity contribution in [3.63, 3.8) is 0 Å². The van der Waals surface area contributed by atoms with Crippen molar-refractivity contribution in [3.05, 3.63) is 81.8 Å². The molecule has 0 amide bonds. The zero-order valence-corrected chi connectivity index (χ0v) is 13.4. The molecular formula is C20H13N3O2. The lowest BCUT2D eigenvalue weighted by molar-refractivity contribution is 0.483. The molecule has 0 aliphatic carbocycles. The van der Waals surface area contributed by atoms with Gasteiger partial charge in [-0.1, -0.05) is 12.1 Å². The Labute approximate surface area is 144 Å². The third-order valence-corrected chi connectivity index (χ3v) is 3.64. The molecule has 5 nitrogen and oxygen atoms in total. The summed E-state index contributed by atoms with van der Waals surface area (Å²) in [6.07, 6.45) is 0. The molecule has 0 saturated carbocycles. The second-order valence-corrected chi connectivity index (χ2v) is 5.45. The van der Waals surface area contributed by atoms with E-state index in [0.717, 1.165) is 5.56 Å². The van der Waals surface area contributed by atoms with E-state index in [1.54, 1.807) is 55.5 Å². The summed E-state index contributed by atoms with van der Waals surface area (Å²) >= 11 is 0. The maximum absolute atomic E-state index is 12.0. The van der Waals surface area contributed by atoms with Crippen LogP contribution in [0.3, 0.4) is 0 Å². The second kappa shape index (κ2) is 6.74. The predicted molar refractivity (Wildman–Crippen MR) is 93.2 cm³/mol. The monoisotopic (exact) mass is 327 g/mol. The van der Waals surface area contributed by atoms with E-state index in [9.17, 15) is 10.1 Å². The van der Waals surface area contributed by atoms with E-state index in [1.807, 2.05) is 12.1 Å². The summed E-state index contributed by atoms with van der Waals surface area (Å²) in [4.78, 5) is 14.6. The number of ether oxygens (including phenoxy) is 1. The average Bonchev–Trinajstić information content (AvgIpc) is 2.62. The summed E-state index contributed by atoms with van der Waals surface area (Å²) in [6, 6.07) is 19.7. The Kier molecular flexibility index (Phi) is 4.32. The smallest absolute Gasteiger partial charge is 0.266 e. The fourth-order valence-corrected chi connectivity index (χ4v) is 2.49. The molecule has 0 spiro atoms. The van der Waals surface area contributed by atoms with Gasteiger partial charge in [0, 0.05) is 11.3 Å². The van der Waals surface area contributed by atoms with Gasteiger partial charge in [-0.2, -0.15) is 10.5 Å². The summed E-state index contributed by atoms with van der Waals surface area (Å²) in [6.45, 7) is 1.77. The van der Waals surface area contributed by atoms with Crippen LogP contribution in [0.15, 0.2) is 59.4 Å². The van der Waals surface area contributed by atoms with Crippen molar-refractivity contribution in [3.8, 4) is 34.8 Å². The lowest BCUT2D eigenvalue weighted by Gasteiger charge is -2.09. The number of nitriles is 2. The Morgan fingerprint density at radius 3 is 2.40 bits per heavy atom. The number of nitrogens with zero attached hydrogens (tertiary/aromatic N) is 2. The lowest BCUT2D eigenvalue weighted by atomic mass is 10.0. The van der Waals surface area contributed by atoms with Crippen LogP contribution < -0.4 is 10.3 Å². The average molecular weight is 327 g/mol. The number of H-pyrrole nitrogens is 1. The highest BCUT2D eigenvalue weighted by Gasteiger charge is 2.11. The first-order valence-electron chi connectivity index (χ1n) is 7.53. The van der Waals surface area contributed by atoms with Crippen LogP contribution in [0, 0.1) is 29.6 Å². The molecule has 25 heavy (non-hydrogen) atoms. The summed E-state index contributed by atoms with van der Waals surface area (Å²) in [7, 11) is 0. The lowest BCUT2D eigenvalue weighted by Crippen LogP contribution is -2.12. The van der Waals surface area contributed by atoms with E-state index in [-0.39, 0.29) is 5.56 Å². The number of hydrogen-bond acceptors (Lipinski definition) is 4. The van der Waals surface area contributed by atoms with E-state index in [2.05, 4.69) is 11.1 Å². The number of rotatable bonds is 3. The van der Waals surface area contributed by atoms with E-state index in [1.165, 1.54) is 0 Å². The highest BCUT2D eigenvalue weighted by Crippen LogP contribution is 2.28. The molecule has 0 bridgehead atoms. The molecule has 1 aromatic heterocycles. The molecule has 0 unspecified atom stereocenters. The number of hydrogen-bond donors (Lipinski definition) is 1. The maximum atomic E-state index is 12.0. The van der Waals surface area contributed by atoms with Crippen molar-refractivity contribution in [2.75, 3.05) is 0 Å². The van der Waals surface area contributed by atoms with Crippen molar-refractivity contribution in [1.29, 1.82) is 10.5 Å². The van der Waals surface area contributed by atoms with Gasteiger partial charge in [-0.15, -0.1) is 0 Å². The van der Waals surface area contributed by atoms with Crippen molar-refractivity contribution < 1.29 is 4.74 Å². The van der Waals surface area contributed by atoms with Gasteiger partial charge >= 0.3 is 0 Å². The standard InChI is InChI=1S/C20H13N3O2/c1-13-9-18(19(12-22)20(24)23-13)15-3-2-4-17(10-15)25-16-7-5-14(11-21)6-8-16/h2-10H,1H3,(H,23,24). The molecule has 2 aromatic carbocycles. The molecule has 0 fully saturated rings. The Bertz CT molecular complexity index is 1070. The minimum atomic E-state index is -0.407. The molecule has 1 N–H and O–H groups in total. The molecule has 3 aromatic rings. The van der Waals surface area contributed by atoms with Gasteiger partial charge in [0.2, 0.25) is 0 Å². The zero-order chi connectivity index (χ0) is 17.8. The van der Waals surface area contributed by atoms with Gasteiger partial charge in [0.05, 0.1) is 11.6 Å². The van der Waals surface area contributed by atoms with Crippen LogP contribution in [-0.4, -0.2) is 4.98 Å². The Morgan fingerprint density at radius 2 is 1.72 bits per heavy atom. The SMILES string of the molecule is Cc1cc(-c2cccc(Oc3ccc(C#N)cc3)c2)c(C#N)c(=O)[nH]1. The fourth-order valence-electron chi connectivity index (χ4n) is 2.49. The zero-order valence-electron chi connectivity index (χ0n) is 13.4. The number of benzene rings is 2. The topological polar surface area (TPSA) is 89.7 Å². The Balaban J connectivity index is 1.99. The first-order valence-corrected chi connectivity index (χ1v) is 7.53. The van der Waals surface area contributed by atoms with Crippen LogP contribution in [-0.2, 0) is 0 Å². The molecule has 0 saturated heterocycles. The second-order valence-electron chi connectivity index (χ2n) is 5.45. The predicted octanol–water partition coefficient (Wildman–Crippen LogP) is 3.89. The minimum Gasteiger partial charge on any atom is -0.457 e. The van der Waals surface area contributed by atoms with Crippen molar-refractivity contribution in [2.24, 2.45) is 0 Å². The van der Waals surface area contributed by atoms with Crippen LogP contribution in [0.5, 0.6) is 11.5 Å². The number of aromatic amines is 1. The number of aromatic nitrogens is 1. The summed E-state index contributed by atoms with van der Waals surface area (Å²) < 4.78 is 5.80. The molecule has 3 rings (SSSR count). The van der Waals surface area contributed by atoms with Gasteiger partial charge in [-0.3, -0.25) is 4.79 Å². The maximum Gasteiger partial charge on any atom is 0.266 e. The summed E-state index contributed by atoms with van der Waals surface area (Å²) in [5.41, 5.74) is 2.18. The largest absolute Gasteiger partial charge is 0.457 e. The third kappa shape index (κ3) is 3.41. The molecule has 0 aliphatic heterocycles.